The second-order valence-corrected chi connectivity index (χ2v) is 7.15. The second kappa shape index (κ2) is 6.23. The van der Waals surface area contributed by atoms with Gasteiger partial charge in [-0.1, -0.05) is 86.1 Å². The molecule has 0 spiro atoms. The smallest absolute Gasteiger partial charge is 0.123 e. The van der Waals surface area contributed by atoms with Crippen LogP contribution in [0.15, 0.2) is 42.5 Å². The molecule has 21 heavy (non-hydrogen) atoms. The summed E-state index contributed by atoms with van der Waals surface area (Å²) in [6.45, 7) is 8.76. The molecule has 0 radical (unpaired) electrons. The summed E-state index contributed by atoms with van der Waals surface area (Å²) in [4.78, 5) is 0. The SMILES string of the molecule is CC(c1ccccc1)c1cc(C(C)(C)C)cc(CBr)c1O. The van der Waals surface area contributed by atoms with Crippen LogP contribution in [0.3, 0.4) is 0 Å². The van der Waals surface area contributed by atoms with Gasteiger partial charge in [-0.3, -0.25) is 0 Å². The van der Waals surface area contributed by atoms with Crippen LogP contribution >= 0.6 is 15.9 Å². The van der Waals surface area contributed by atoms with Crippen molar-refractivity contribution in [1.82, 2.24) is 0 Å². The molecule has 1 atom stereocenters. The van der Waals surface area contributed by atoms with Gasteiger partial charge in [-0.2, -0.15) is 0 Å². The van der Waals surface area contributed by atoms with E-state index >= 15 is 0 Å². The predicted molar refractivity (Wildman–Crippen MR) is 93.4 cm³/mol. The Morgan fingerprint density at radius 3 is 2.24 bits per heavy atom. The average molecular weight is 347 g/mol. The van der Waals surface area contributed by atoms with Crippen LogP contribution in [0.5, 0.6) is 5.75 Å². The summed E-state index contributed by atoms with van der Waals surface area (Å²) >= 11 is 3.49. The molecule has 0 aliphatic rings. The summed E-state index contributed by atoms with van der Waals surface area (Å²) in [6, 6.07) is 14.6. The Hall–Kier alpha value is -1.28. The lowest BCUT2D eigenvalue weighted by atomic mass is 9.82. The Morgan fingerprint density at radius 2 is 1.71 bits per heavy atom. The highest BCUT2D eigenvalue weighted by atomic mass is 79.9. The zero-order valence-electron chi connectivity index (χ0n) is 13.2. The van der Waals surface area contributed by atoms with E-state index in [2.05, 4.69) is 67.9 Å². The van der Waals surface area contributed by atoms with Crippen molar-refractivity contribution in [1.29, 1.82) is 0 Å². The Kier molecular flexibility index (Phi) is 4.77. The van der Waals surface area contributed by atoms with Crippen LogP contribution in [0.2, 0.25) is 0 Å². The zero-order valence-corrected chi connectivity index (χ0v) is 14.7. The van der Waals surface area contributed by atoms with Crippen LogP contribution < -0.4 is 0 Å². The number of benzene rings is 2. The molecule has 2 aromatic carbocycles. The van der Waals surface area contributed by atoms with Crippen molar-refractivity contribution in [2.45, 2.75) is 44.4 Å². The average Bonchev–Trinajstić information content (AvgIpc) is 2.46. The maximum atomic E-state index is 10.6. The van der Waals surface area contributed by atoms with E-state index < -0.39 is 0 Å². The van der Waals surface area contributed by atoms with Crippen LogP contribution in [0, 0.1) is 0 Å². The van der Waals surface area contributed by atoms with Crippen LogP contribution in [-0.2, 0) is 10.7 Å². The second-order valence-electron chi connectivity index (χ2n) is 6.59. The first-order valence-corrected chi connectivity index (χ1v) is 8.44. The lowest BCUT2D eigenvalue weighted by Gasteiger charge is -2.24. The van der Waals surface area contributed by atoms with Gasteiger partial charge < -0.3 is 5.11 Å². The van der Waals surface area contributed by atoms with Gasteiger partial charge in [-0.05, 0) is 16.5 Å². The van der Waals surface area contributed by atoms with Gasteiger partial charge in [0.05, 0.1) is 0 Å². The third kappa shape index (κ3) is 3.49. The molecule has 2 rings (SSSR count). The molecule has 0 heterocycles. The maximum absolute atomic E-state index is 10.6. The van der Waals surface area contributed by atoms with Gasteiger partial charge in [-0.25, -0.2) is 0 Å². The highest BCUT2D eigenvalue weighted by Gasteiger charge is 2.21. The molecule has 0 amide bonds. The first-order chi connectivity index (χ1) is 9.84. The molecule has 1 unspecified atom stereocenters. The van der Waals surface area contributed by atoms with Crippen molar-refractivity contribution in [3.8, 4) is 5.75 Å². The minimum absolute atomic E-state index is 0.0653. The number of hydrogen-bond acceptors (Lipinski definition) is 1. The number of phenolic OH excluding ortho intramolecular Hbond substituents is 1. The van der Waals surface area contributed by atoms with Crippen LogP contribution in [0.1, 0.15) is 55.9 Å². The maximum Gasteiger partial charge on any atom is 0.123 e. The van der Waals surface area contributed by atoms with Gasteiger partial charge in [-0.15, -0.1) is 0 Å². The van der Waals surface area contributed by atoms with E-state index in [0.29, 0.717) is 11.1 Å². The molecule has 0 saturated carbocycles. The highest BCUT2D eigenvalue weighted by molar-refractivity contribution is 9.08. The molecule has 0 aromatic heterocycles. The largest absolute Gasteiger partial charge is 0.507 e. The minimum atomic E-state index is 0.0653. The van der Waals surface area contributed by atoms with E-state index in [1.165, 1.54) is 11.1 Å². The Morgan fingerprint density at radius 1 is 1.10 bits per heavy atom. The van der Waals surface area contributed by atoms with E-state index in [0.717, 1.165) is 11.1 Å². The fourth-order valence-electron chi connectivity index (χ4n) is 2.51. The van der Waals surface area contributed by atoms with Crippen molar-refractivity contribution in [3.63, 3.8) is 0 Å². The molecular formula is C19H23BrO. The van der Waals surface area contributed by atoms with Gasteiger partial charge in [0.25, 0.3) is 0 Å². The normalized spacial score (nSPS) is 13.2. The summed E-state index contributed by atoms with van der Waals surface area (Å²) in [6.07, 6.45) is 0. The zero-order chi connectivity index (χ0) is 15.6. The predicted octanol–water partition coefficient (Wildman–Crippen LogP) is 5.74. The third-order valence-electron chi connectivity index (χ3n) is 3.99. The molecule has 1 nitrogen and oxygen atoms in total. The van der Waals surface area contributed by atoms with E-state index in [1.54, 1.807) is 0 Å². The minimum Gasteiger partial charge on any atom is -0.507 e. The molecule has 0 saturated heterocycles. The summed E-state index contributed by atoms with van der Waals surface area (Å²) < 4.78 is 0. The molecule has 0 aliphatic heterocycles. The van der Waals surface area contributed by atoms with Crippen molar-refractivity contribution >= 4 is 15.9 Å². The quantitative estimate of drug-likeness (QED) is 0.703. The lowest BCUT2D eigenvalue weighted by Crippen LogP contribution is -2.13. The van der Waals surface area contributed by atoms with Gasteiger partial charge >= 0.3 is 0 Å². The summed E-state index contributed by atoms with van der Waals surface area (Å²) in [7, 11) is 0. The fourth-order valence-corrected chi connectivity index (χ4v) is 2.93. The van der Waals surface area contributed by atoms with E-state index in [1.807, 2.05) is 18.2 Å². The molecule has 0 bridgehead atoms. The van der Waals surface area contributed by atoms with Gasteiger partial charge in [0.1, 0.15) is 5.75 Å². The molecule has 2 heteroatoms. The molecule has 112 valence electrons. The molecule has 1 N–H and O–H groups in total. The van der Waals surface area contributed by atoms with Crippen molar-refractivity contribution in [2.75, 3.05) is 0 Å². The third-order valence-corrected chi connectivity index (χ3v) is 4.60. The standard InChI is InChI=1S/C19H23BrO/c1-13(14-8-6-5-7-9-14)17-11-16(19(2,3)4)10-15(12-20)18(17)21/h5-11,13,21H,12H2,1-4H3. The van der Waals surface area contributed by atoms with Crippen LogP contribution in [0.25, 0.3) is 0 Å². The topological polar surface area (TPSA) is 20.2 Å². The number of halogens is 1. The Bertz CT molecular complexity index is 611. The Labute approximate surface area is 136 Å². The van der Waals surface area contributed by atoms with Crippen LogP contribution in [0.4, 0.5) is 0 Å². The fraction of sp³-hybridized carbons (Fsp3) is 0.368. The van der Waals surface area contributed by atoms with Gasteiger partial charge in [0, 0.05) is 22.4 Å². The number of phenols is 1. The van der Waals surface area contributed by atoms with E-state index in [9.17, 15) is 5.11 Å². The first kappa shape index (κ1) is 16.1. The summed E-state index contributed by atoms with van der Waals surface area (Å²) in [5, 5.41) is 11.2. The summed E-state index contributed by atoms with van der Waals surface area (Å²) in [5.74, 6) is 0.586. The van der Waals surface area contributed by atoms with Crippen molar-refractivity contribution < 1.29 is 5.11 Å². The number of alkyl halides is 1. The number of aromatic hydroxyl groups is 1. The van der Waals surface area contributed by atoms with Crippen LogP contribution in [-0.4, -0.2) is 5.11 Å². The lowest BCUT2D eigenvalue weighted by molar-refractivity contribution is 0.459. The van der Waals surface area contributed by atoms with E-state index in [-0.39, 0.29) is 11.3 Å². The molecule has 0 aliphatic carbocycles. The highest BCUT2D eigenvalue weighted by Crippen LogP contribution is 2.38. The number of hydrogen-bond donors (Lipinski definition) is 1. The molecule has 0 fully saturated rings. The van der Waals surface area contributed by atoms with Crippen molar-refractivity contribution in [2.24, 2.45) is 0 Å². The van der Waals surface area contributed by atoms with E-state index in [4.69, 9.17) is 0 Å². The number of rotatable bonds is 3. The van der Waals surface area contributed by atoms with Gasteiger partial charge in [0.2, 0.25) is 0 Å². The monoisotopic (exact) mass is 346 g/mol. The van der Waals surface area contributed by atoms with Gasteiger partial charge in [0.15, 0.2) is 0 Å². The molecular weight excluding hydrogens is 324 g/mol. The Balaban J connectivity index is 2.57. The first-order valence-electron chi connectivity index (χ1n) is 7.31. The van der Waals surface area contributed by atoms with Crippen molar-refractivity contribution in [3.05, 3.63) is 64.7 Å². The molecule has 2 aromatic rings. The summed E-state index contributed by atoms with van der Waals surface area (Å²) in [5.41, 5.74) is 4.51.